The predicted molar refractivity (Wildman–Crippen MR) is 61.6 cm³/mol. The van der Waals surface area contributed by atoms with Gasteiger partial charge in [-0.2, -0.15) is 0 Å². The van der Waals surface area contributed by atoms with Crippen molar-refractivity contribution >= 4 is 21.9 Å². The largest absolute Gasteiger partial charge is 0.482 e. The smallest absolute Gasteiger partial charge is 0.341 e. The summed E-state index contributed by atoms with van der Waals surface area (Å²) in [6.07, 6.45) is 0.908. The minimum absolute atomic E-state index is 0.298. The maximum absolute atomic E-state index is 10.4. The summed E-state index contributed by atoms with van der Waals surface area (Å²) in [5.74, 6) is -0.314. The van der Waals surface area contributed by atoms with Gasteiger partial charge in [0.1, 0.15) is 5.75 Å². The van der Waals surface area contributed by atoms with E-state index in [0.29, 0.717) is 11.1 Å². The molecule has 0 saturated carbocycles. The van der Waals surface area contributed by atoms with Gasteiger partial charge < -0.3 is 9.84 Å². The second-order valence-corrected chi connectivity index (χ2v) is 3.62. The number of aliphatic carboxylic acids is 1. The molecule has 0 aliphatic heterocycles. The Morgan fingerprint density at radius 3 is 2.80 bits per heavy atom. The molecule has 0 radical (unpaired) electrons. The zero-order chi connectivity index (χ0) is 11.3. The van der Waals surface area contributed by atoms with E-state index in [4.69, 9.17) is 9.84 Å². The van der Waals surface area contributed by atoms with Crippen LogP contribution in [0.3, 0.4) is 0 Å². The Balaban J connectivity index is 2.90. The van der Waals surface area contributed by atoms with Gasteiger partial charge in [-0.3, -0.25) is 0 Å². The average Bonchev–Trinajstić information content (AvgIpc) is 2.25. The minimum atomic E-state index is -0.961. The van der Waals surface area contributed by atoms with Crippen LogP contribution in [0.1, 0.15) is 18.1 Å². The van der Waals surface area contributed by atoms with Gasteiger partial charge in [-0.25, -0.2) is 4.79 Å². The quantitative estimate of drug-likeness (QED) is 0.839. The molecule has 82 valence electrons. The Hall–Kier alpha value is -1.03. The first kappa shape index (κ1) is 12.0. The highest BCUT2D eigenvalue weighted by atomic mass is 79.9. The zero-order valence-electron chi connectivity index (χ0n) is 8.50. The molecule has 1 aromatic carbocycles. The molecule has 0 saturated heterocycles. The molecule has 0 spiro atoms. The monoisotopic (exact) mass is 272 g/mol. The highest BCUT2D eigenvalue weighted by Crippen LogP contribution is 2.25. The number of alkyl halides is 1. The van der Waals surface area contributed by atoms with Crippen LogP contribution in [-0.4, -0.2) is 17.7 Å². The number of halogens is 1. The highest BCUT2D eigenvalue weighted by molar-refractivity contribution is 9.08. The molecule has 0 aromatic heterocycles. The van der Waals surface area contributed by atoms with Crippen molar-refractivity contribution < 1.29 is 14.6 Å². The lowest BCUT2D eigenvalue weighted by atomic mass is 10.1. The molecule has 0 aliphatic carbocycles. The topological polar surface area (TPSA) is 46.5 Å². The summed E-state index contributed by atoms with van der Waals surface area (Å²) >= 11 is 3.38. The maximum Gasteiger partial charge on any atom is 0.341 e. The Bertz CT molecular complexity index is 350. The van der Waals surface area contributed by atoms with Crippen LogP contribution >= 0.6 is 15.9 Å². The zero-order valence-corrected chi connectivity index (χ0v) is 10.1. The van der Waals surface area contributed by atoms with Crippen LogP contribution in [0.4, 0.5) is 0 Å². The first-order valence-corrected chi connectivity index (χ1v) is 5.82. The molecule has 15 heavy (non-hydrogen) atoms. The standard InChI is InChI=1S/C11H13BrO3/c1-2-8-4-3-5-10(9(8)6-12)15-7-11(13)14/h3-5H,2,6-7H2,1H3,(H,13,14). The lowest BCUT2D eigenvalue weighted by Gasteiger charge is -2.11. The summed E-state index contributed by atoms with van der Waals surface area (Å²) in [6.45, 7) is 1.76. The van der Waals surface area contributed by atoms with Crippen LogP contribution in [0.5, 0.6) is 5.75 Å². The number of ether oxygens (including phenoxy) is 1. The Kier molecular flexibility index (Phi) is 4.62. The second-order valence-electron chi connectivity index (χ2n) is 3.06. The lowest BCUT2D eigenvalue weighted by molar-refractivity contribution is -0.139. The predicted octanol–water partition coefficient (Wildman–Crippen LogP) is 2.61. The third-order valence-corrected chi connectivity index (χ3v) is 2.66. The molecular weight excluding hydrogens is 260 g/mol. The van der Waals surface area contributed by atoms with Gasteiger partial charge in [0.05, 0.1) is 0 Å². The van der Waals surface area contributed by atoms with Gasteiger partial charge in [-0.1, -0.05) is 35.0 Å². The normalized spacial score (nSPS) is 10.0. The summed E-state index contributed by atoms with van der Waals surface area (Å²) in [5.41, 5.74) is 2.20. The van der Waals surface area contributed by atoms with Crippen LogP contribution in [-0.2, 0) is 16.5 Å². The van der Waals surface area contributed by atoms with Gasteiger partial charge in [0.25, 0.3) is 0 Å². The molecule has 0 heterocycles. The third-order valence-electron chi connectivity index (χ3n) is 2.10. The van der Waals surface area contributed by atoms with Crippen molar-refractivity contribution in [1.29, 1.82) is 0 Å². The lowest BCUT2D eigenvalue weighted by Crippen LogP contribution is -2.10. The van der Waals surface area contributed by atoms with E-state index in [-0.39, 0.29) is 6.61 Å². The first-order valence-electron chi connectivity index (χ1n) is 4.70. The molecule has 1 aromatic rings. The Labute approximate surface area is 97.2 Å². The number of rotatable bonds is 5. The van der Waals surface area contributed by atoms with Crippen LogP contribution in [0.25, 0.3) is 0 Å². The van der Waals surface area contributed by atoms with Crippen molar-refractivity contribution in [2.24, 2.45) is 0 Å². The van der Waals surface area contributed by atoms with Crippen molar-refractivity contribution in [3.8, 4) is 5.75 Å². The number of carboxylic acid groups (broad SMARTS) is 1. The molecular formula is C11H13BrO3. The van der Waals surface area contributed by atoms with E-state index >= 15 is 0 Å². The molecule has 0 aliphatic rings. The van der Waals surface area contributed by atoms with Crippen LogP contribution in [0.15, 0.2) is 18.2 Å². The average molecular weight is 273 g/mol. The Morgan fingerprint density at radius 1 is 1.53 bits per heavy atom. The van der Waals surface area contributed by atoms with Crippen molar-refractivity contribution in [2.75, 3.05) is 6.61 Å². The van der Waals surface area contributed by atoms with Crippen molar-refractivity contribution in [3.63, 3.8) is 0 Å². The van der Waals surface area contributed by atoms with E-state index < -0.39 is 5.97 Å². The van der Waals surface area contributed by atoms with Gasteiger partial charge in [0.2, 0.25) is 0 Å². The highest BCUT2D eigenvalue weighted by Gasteiger charge is 2.08. The summed E-state index contributed by atoms with van der Waals surface area (Å²) in [7, 11) is 0. The number of hydrogen-bond donors (Lipinski definition) is 1. The summed E-state index contributed by atoms with van der Waals surface area (Å²) in [6, 6.07) is 5.69. The van der Waals surface area contributed by atoms with E-state index in [1.807, 2.05) is 12.1 Å². The van der Waals surface area contributed by atoms with Crippen LogP contribution in [0.2, 0.25) is 0 Å². The van der Waals surface area contributed by atoms with Gasteiger partial charge in [0.15, 0.2) is 6.61 Å². The Morgan fingerprint density at radius 2 is 2.27 bits per heavy atom. The second kappa shape index (κ2) is 5.75. The summed E-state index contributed by atoms with van der Waals surface area (Å²) < 4.78 is 5.20. The fourth-order valence-electron chi connectivity index (χ4n) is 1.37. The van der Waals surface area contributed by atoms with E-state index in [1.54, 1.807) is 6.07 Å². The van der Waals surface area contributed by atoms with Crippen molar-refractivity contribution in [1.82, 2.24) is 0 Å². The summed E-state index contributed by atoms with van der Waals surface area (Å²) in [4.78, 5) is 10.4. The number of aryl methyl sites for hydroxylation is 1. The van der Waals surface area contributed by atoms with Gasteiger partial charge >= 0.3 is 5.97 Å². The fourth-order valence-corrected chi connectivity index (χ4v) is 2.01. The molecule has 3 nitrogen and oxygen atoms in total. The van der Waals surface area contributed by atoms with E-state index in [2.05, 4.69) is 22.9 Å². The number of hydrogen-bond acceptors (Lipinski definition) is 2. The van der Waals surface area contributed by atoms with Gasteiger partial charge in [-0.05, 0) is 18.1 Å². The van der Waals surface area contributed by atoms with E-state index in [1.165, 1.54) is 5.56 Å². The van der Waals surface area contributed by atoms with Crippen LogP contribution < -0.4 is 4.74 Å². The van der Waals surface area contributed by atoms with Crippen molar-refractivity contribution in [3.05, 3.63) is 29.3 Å². The first-order chi connectivity index (χ1) is 7.19. The minimum Gasteiger partial charge on any atom is -0.482 e. The molecule has 0 amide bonds. The molecule has 1 rings (SSSR count). The molecule has 4 heteroatoms. The third kappa shape index (κ3) is 3.23. The molecule has 0 unspecified atom stereocenters. The number of carboxylic acids is 1. The van der Waals surface area contributed by atoms with Crippen molar-refractivity contribution in [2.45, 2.75) is 18.7 Å². The molecule has 0 atom stereocenters. The van der Waals surface area contributed by atoms with Gasteiger partial charge in [-0.15, -0.1) is 0 Å². The van der Waals surface area contributed by atoms with Gasteiger partial charge in [0, 0.05) is 10.9 Å². The van der Waals surface area contributed by atoms with E-state index in [9.17, 15) is 4.79 Å². The molecule has 0 bridgehead atoms. The summed E-state index contributed by atoms with van der Waals surface area (Å²) in [5, 5.41) is 9.20. The maximum atomic E-state index is 10.4. The van der Waals surface area contributed by atoms with Crippen LogP contribution in [0, 0.1) is 0 Å². The number of carbonyl (C=O) groups is 1. The number of benzene rings is 1. The SMILES string of the molecule is CCc1cccc(OCC(=O)O)c1CBr. The molecule has 1 N–H and O–H groups in total. The molecule has 0 fully saturated rings. The van der Waals surface area contributed by atoms with E-state index in [0.717, 1.165) is 12.0 Å². The fraction of sp³-hybridized carbons (Fsp3) is 0.364.